The van der Waals surface area contributed by atoms with Gasteiger partial charge in [-0.15, -0.1) is 0 Å². The number of carboxylic acids is 1. The van der Waals surface area contributed by atoms with Crippen molar-refractivity contribution in [1.29, 1.82) is 0 Å². The number of hydrogen-bond donors (Lipinski definition) is 2. The first-order chi connectivity index (χ1) is 8.15. The highest BCUT2D eigenvalue weighted by molar-refractivity contribution is 5.95. The molecule has 0 radical (unpaired) electrons. The average molecular weight is 229 g/mol. The van der Waals surface area contributed by atoms with Gasteiger partial charge >= 0.3 is 5.97 Å². The lowest BCUT2D eigenvalue weighted by atomic mass is 9.87. The molecule has 88 valence electrons. The van der Waals surface area contributed by atoms with Crippen molar-refractivity contribution >= 4 is 16.9 Å². The number of aromatic nitrogens is 1. The second-order valence-corrected chi connectivity index (χ2v) is 5.00. The van der Waals surface area contributed by atoms with Gasteiger partial charge in [0.1, 0.15) is 0 Å². The third kappa shape index (κ3) is 1.62. The SMILES string of the molecule is C[C@H]1CCc2[nH]c3ccc(C(=O)O)cc3c2C1. The minimum atomic E-state index is -0.856. The van der Waals surface area contributed by atoms with Gasteiger partial charge in [-0.1, -0.05) is 6.92 Å². The van der Waals surface area contributed by atoms with E-state index in [0.717, 1.165) is 23.7 Å². The first kappa shape index (κ1) is 10.4. The molecule has 0 amide bonds. The summed E-state index contributed by atoms with van der Waals surface area (Å²) in [6.07, 6.45) is 3.34. The maximum Gasteiger partial charge on any atom is 0.335 e. The van der Waals surface area contributed by atoms with E-state index < -0.39 is 5.97 Å². The highest BCUT2D eigenvalue weighted by Gasteiger charge is 2.20. The molecule has 17 heavy (non-hydrogen) atoms. The number of rotatable bonds is 1. The first-order valence-electron chi connectivity index (χ1n) is 6.02. The minimum Gasteiger partial charge on any atom is -0.478 e. The van der Waals surface area contributed by atoms with Crippen LogP contribution >= 0.6 is 0 Å². The van der Waals surface area contributed by atoms with Crippen molar-refractivity contribution in [1.82, 2.24) is 4.98 Å². The third-order valence-corrected chi connectivity index (χ3v) is 3.68. The van der Waals surface area contributed by atoms with Crippen molar-refractivity contribution in [2.45, 2.75) is 26.2 Å². The molecule has 0 saturated heterocycles. The number of hydrogen-bond acceptors (Lipinski definition) is 1. The van der Waals surface area contributed by atoms with Crippen LogP contribution in [0.3, 0.4) is 0 Å². The average Bonchev–Trinajstić information content (AvgIpc) is 2.66. The van der Waals surface area contributed by atoms with Crippen LogP contribution in [0.25, 0.3) is 10.9 Å². The highest BCUT2D eigenvalue weighted by atomic mass is 16.4. The van der Waals surface area contributed by atoms with Crippen molar-refractivity contribution in [3.05, 3.63) is 35.0 Å². The zero-order valence-corrected chi connectivity index (χ0v) is 9.79. The van der Waals surface area contributed by atoms with Crippen LogP contribution in [-0.2, 0) is 12.8 Å². The van der Waals surface area contributed by atoms with Crippen LogP contribution in [0.4, 0.5) is 0 Å². The van der Waals surface area contributed by atoms with Crippen LogP contribution in [0.1, 0.15) is 35.0 Å². The maximum atomic E-state index is 11.0. The Kier molecular flexibility index (Phi) is 2.21. The Morgan fingerprint density at radius 3 is 3.06 bits per heavy atom. The number of aryl methyl sites for hydroxylation is 1. The largest absolute Gasteiger partial charge is 0.478 e. The van der Waals surface area contributed by atoms with Gasteiger partial charge in [0.05, 0.1) is 5.56 Å². The van der Waals surface area contributed by atoms with E-state index in [-0.39, 0.29) is 0 Å². The molecule has 0 aliphatic heterocycles. The van der Waals surface area contributed by atoms with E-state index in [1.807, 2.05) is 6.07 Å². The van der Waals surface area contributed by atoms with E-state index >= 15 is 0 Å². The third-order valence-electron chi connectivity index (χ3n) is 3.68. The molecular formula is C14H15NO2. The van der Waals surface area contributed by atoms with Gasteiger partial charge in [0.15, 0.2) is 0 Å². The number of aromatic carboxylic acids is 1. The predicted octanol–water partition coefficient (Wildman–Crippen LogP) is 2.99. The molecule has 3 rings (SSSR count). The summed E-state index contributed by atoms with van der Waals surface area (Å²) in [6, 6.07) is 5.34. The molecule has 1 aromatic carbocycles. The standard InChI is InChI=1S/C14H15NO2/c1-8-2-4-12-10(6-8)11-7-9(14(16)17)3-5-13(11)15-12/h3,5,7-8,15H,2,4,6H2,1H3,(H,16,17)/t8-/m0/s1. The molecule has 0 bridgehead atoms. The molecule has 0 spiro atoms. The smallest absolute Gasteiger partial charge is 0.335 e. The normalized spacial score (nSPS) is 19.2. The van der Waals surface area contributed by atoms with E-state index in [0.29, 0.717) is 11.5 Å². The van der Waals surface area contributed by atoms with Crippen LogP contribution in [0.5, 0.6) is 0 Å². The van der Waals surface area contributed by atoms with Gasteiger partial charge in [0, 0.05) is 16.6 Å². The van der Waals surface area contributed by atoms with Crippen molar-refractivity contribution in [3.63, 3.8) is 0 Å². The van der Waals surface area contributed by atoms with Crippen LogP contribution in [-0.4, -0.2) is 16.1 Å². The maximum absolute atomic E-state index is 11.0. The summed E-state index contributed by atoms with van der Waals surface area (Å²) in [6.45, 7) is 2.25. The number of carboxylic acid groups (broad SMARTS) is 1. The number of nitrogens with one attached hydrogen (secondary N) is 1. The zero-order valence-electron chi connectivity index (χ0n) is 9.79. The molecule has 0 saturated carbocycles. The van der Waals surface area contributed by atoms with Crippen molar-refractivity contribution < 1.29 is 9.90 Å². The summed E-state index contributed by atoms with van der Waals surface area (Å²) in [5.74, 6) is -0.166. The van der Waals surface area contributed by atoms with Crippen LogP contribution < -0.4 is 0 Å². The Hall–Kier alpha value is -1.77. The first-order valence-corrected chi connectivity index (χ1v) is 6.02. The van der Waals surface area contributed by atoms with Gasteiger partial charge in [0.2, 0.25) is 0 Å². The summed E-state index contributed by atoms with van der Waals surface area (Å²) in [7, 11) is 0. The summed E-state index contributed by atoms with van der Waals surface area (Å²) in [4.78, 5) is 14.4. The lowest BCUT2D eigenvalue weighted by molar-refractivity contribution is 0.0697. The van der Waals surface area contributed by atoms with Gasteiger partial charge in [0.25, 0.3) is 0 Å². The molecule has 3 heteroatoms. The van der Waals surface area contributed by atoms with Gasteiger partial charge < -0.3 is 10.1 Å². The zero-order chi connectivity index (χ0) is 12.0. The molecule has 2 aromatic rings. The molecular weight excluding hydrogens is 214 g/mol. The van der Waals surface area contributed by atoms with Crippen LogP contribution in [0, 0.1) is 5.92 Å². The number of H-pyrrole nitrogens is 1. The molecule has 1 atom stereocenters. The van der Waals surface area contributed by atoms with E-state index in [2.05, 4.69) is 11.9 Å². The molecule has 2 N–H and O–H groups in total. The summed E-state index contributed by atoms with van der Waals surface area (Å²) < 4.78 is 0. The Labute approximate surface area is 99.5 Å². The molecule has 1 heterocycles. The van der Waals surface area contributed by atoms with Crippen LogP contribution in [0.15, 0.2) is 18.2 Å². The molecule has 0 fully saturated rings. The summed E-state index contributed by atoms with van der Waals surface area (Å²) in [5, 5.41) is 10.1. The second kappa shape index (κ2) is 3.62. The summed E-state index contributed by atoms with van der Waals surface area (Å²) in [5.41, 5.74) is 4.05. The lowest BCUT2D eigenvalue weighted by Crippen LogP contribution is -2.10. The van der Waals surface area contributed by atoms with Crippen molar-refractivity contribution in [2.75, 3.05) is 0 Å². The number of benzene rings is 1. The Morgan fingerprint density at radius 2 is 2.29 bits per heavy atom. The highest BCUT2D eigenvalue weighted by Crippen LogP contribution is 2.32. The van der Waals surface area contributed by atoms with Gasteiger partial charge in [-0.05, 0) is 48.9 Å². The molecule has 3 nitrogen and oxygen atoms in total. The van der Waals surface area contributed by atoms with E-state index in [4.69, 9.17) is 5.11 Å². The topological polar surface area (TPSA) is 53.1 Å². The van der Waals surface area contributed by atoms with Gasteiger partial charge in [-0.2, -0.15) is 0 Å². The number of fused-ring (bicyclic) bond motifs is 3. The van der Waals surface area contributed by atoms with Crippen molar-refractivity contribution in [2.24, 2.45) is 5.92 Å². The fourth-order valence-corrected chi connectivity index (χ4v) is 2.72. The van der Waals surface area contributed by atoms with Crippen molar-refractivity contribution in [3.8, 4) is 0 Å². The lowest BCUT2D eigenvalue weighted by Gasteiger charge is -2.18. The summed E-state index contributed by atoms with van der Waals surface area (Å²) >= 11 is 0. The molecule has 0 unspecified atom stereocenters. The fourth-order valence-electron chi connectivity index (χ4n) is 2.72. The number of aromatic amines is 1. The van der Waals surface area contributed by atoms with Gasteiger partial charge in [-0.25, -0.2) is 4.79 Å². The second-order valence-electron chi connectivity index (χ2n) is 5.00. The quantitative estimate of drug-likeness (QED) is 0.789. The molecule has 1 aliphatic carbocycles. The minimum absolute atomic E-state index is 0.373. The van der Waals surface area contributed by atoms with Crippen LogP contribution in [0.2, 0.25) is 0 Å². The Balaban J connectivity index is 2.21. The number of carbonyl (C=O) groups is 1. The Morgan fingerprint density at radius 1 is 1.47 bits per heavy atom. The Bertz CT molecular complexity index is 598. The van der Waals surface area contributed by atoms with E-state index in [1.165, 1.54) is 17.7 Å². The monoisotopic (exact) mass is 229 g/mol. The van der Waals surface area contributed by atoms with Gasteiger partial charge in [-0.3, -0.25) is 0 Å². The van der Waals surface area contributed by atoms with E-state index in [9.17, 15) is 4.79 Å². The molecule has 1 aliphatic rings. The fraction of sp³-hybridized carbons (Fsp3) is 0.357. The molecule has 1 aromatic heterocycles. The van der Waals surface area contributed by atoms with E-state index in [1.54, 1.807) is 12.1 Å². The predicted molar refractivity (Wildman–Crippen MR) is 66.4 cm³/mol.